The van der Waals surface area contributed by atoms with Crippen LogP contribution in [0.25, 0.3) is 0 Å². The van der Waals surface area contributed by atoms with Crippen molar-refractivity contribution in [3.05, 3.63) is 22.7 Å². The lowest BCUT2D eigenvalue weighted by molar-refractivity contribution is -0.140. The fourth-order valence-corrected chi connectivity index (χ4v) is 1.45. The molecule has 0 radical (unpaired) electrons. The highest BCUT2D eigenvalue weighted by atomic mass is 16.5. The minimum Gasteiger partial charge on any atom is -0.469 e. The SMILES string of the molecule is COC(=O)CCNc1nccn(C(C)(C)C)c1=O. The summed E-state index contributed by atoms with van der Waals surface area (Å²) in [6.45, 7) is 6.13. The molecular weight excluding hydrogens is 234 g/mol. The van der Waals surface area contributed by atoms with E-state index in [4.69, 9.17) is 0 Å². The number of aromatic nitrogens is 2. The number of carbonyl (C=O) groups excluding carboxylic acids is 1. The zero-order valence-corrected chi connectivity index (χ0v) is 11.2. The maximum Gasteiger partial charge on any atom is 0.307 e. The van der Waals surface area contributed by atoms with Gasteiger partial charge in [0.1, 0.15) is 0 Å². The highest BCUT2D eigenvalue weighted by Gasteiger charge is 2.16. The summed E-state index contributed by atoms with van der Waals surface area (Å²) in [4.78, 5) is 27.0. The van der Waals surface area contributed by atoms with Crippen molar-refractivity contribution in [2.24, 2.45) is 0 Å². The first-order valence-electron chi connectivity index (χ1n) is 5.75. The van der Waals surface area contributed by atoms with E-state index in [2.05, 4.69) is 15.0 Å². The Kier molecular flexibility index (Phi) is 4.47. The maximum absolute atomic E-state index is 12.1. The average molecular weight is 253 g/mol. The minimum atomic E-state index is -0.324. The van der Waals surface area contributed by atoms with Gasteiger partial charge in [-0.05, 0) is 20.8 Å². The van der Waals surface area contributed by atoms with Crippen molar-refractivity contribution >= 4 is 11.8 Å². The molecule has 6 nitrogen and oxygen atoms in total. The molecule has 0 fully saturated rings. The Labute approximate surface area is 106 Å². The summed E-state index contributed by atoms with van der Waals surface area (Å²) in [5.74, 6) is -0.0779. The number of nitrogens with one attached hydrogen (secondary N) is 1. The van der Waals surface area contributed by atoms with Crippen molar-refractivity contribution in [2.45, 2.75) is 32.7 Å². The molecule has 0 atom stereocenters. The molecule has 0 aromatic carbocycles. The quantitative estimate of drug-likeness (QED) is 0.809. The Bertz CT molecular complexity index is 474. The molecule has 100 valence electrons. The van der Waals surface area contributed by atoms with Gasteiger partial charge in [-0.2, -0.15) is 0 Å². The topological polar surface area (TPSA) is 73.2 Å². The van der Waals surface area contributed by atoms with Gasteiger partial charge in [-0.1, -0.05) is 0 Å². The van der Waals surface area contributed by atoms with Crippen LogP contribution >= 0.6 is 0 Å². The summed E-state index contributed by atoms with van der Waals surface area (Å²) in [5, 5.41) is 2.85. The van der Waals surface area contributed by atoms with Crippen LogP contribution in [0.1, 0.15) is 27.2 Å². The van der Waals surface area contributed by atoms with Crippen LogP contribution in [-0.4, -0.2) is 29.2 Å². The van der Waals surface area contributed by atoms with Crippen molar-refractivity contribution < 1.29 is 9.53 Å². The van der Waals surface area contributed by atoms with Crippen molar-refractivity contribution in [2.75, 3.05) is 19.0 Å². The number of carbonyl (C=O) groups is 1. The summed E-state index contributed by atoms with van der Waals surface area (Å²) >= 11 is 0. The third-order valence-electron chi connectivity index (χ3n) is 2.41. The molecule has 0 unspecified atom stereocenters. The van der Waals surface area contributed by atoms with Crippen LogP contribution in [0, 0.1) is 0 Å². The molecule has 0 amide bonds. The lowest BCUT2D eigenvalue weighted by Crippen LogP contribution is -2.35. The van der Waals surface area contributed by atoms with Crippen LogP contribution < -0.4 is 10.9 Å². The van der Waals surface area contributed by atoms with E-state index in [1.165, 1.54) is 7.11 Å². The first-order valence-corrected chi connectivity index (χ1v) is 5.75. The number of rotatable bonds is 4. The van der Waals surface area contributed by atoms with E-state index in [-0.39, 0.29) is 29.3 Å². The number of methoxy groups -OCH3 is 1. The number of ether oxygens (including phenoxy) is 1. The van der Waals surface area contributed by atoms with Crippen LogP contribution in [0.4, 0.5) is 5.82 Å². The van der Waals surface area contributed by atoms with Crippen molar-refractivity contribution in [1.29, 1.82) is 0 Å². The predicted molar refractivity (Wildman–Crippen MR) is 68.6 cm³/mol. The molecule has 0 aliphatic rings. The van der Waals surface area contributed by atoms with Gasteiger partial charge < -0.3 is 14.6 Å². The van der Waals surface area contributed by atoms with E-state index in [0.717, 1.165) is 0 Å². The zero-order valence-electron chi connectivity index (χ0n) is 11.2. The van der Waals surface area contributed by atoms with Crippen molar-refractivity contribution in [3.63, 3.8) is 0 Å². The standard InChI is InChI=1S/C12H19N3O3/c1-12(2,3)15-8-7-14-10(11(15)17)13-6-5-9(16)18-4/h7-8H,5-6H2,1-4H3,(H,13,14). The molecular formula is C12H19N3O3. The Morgan fingerprint density at radius 2 is 2.17 bits per heavy atom. The number of esters is 1. The second kappa shape index (κ2) is 5.66. The molecule has 1 aromatic rings. The van der Waals surface area contributed by atoms with Crippen LogP contribution in [0.15, 0.2) is 17.2 Å². The summed E-state index contributed by atoms with van der Waals surface area (Å²) in [7, 11) is 1.33. The fraction of sp³-hybridized carbons (Fsp3) is 0.583. The van der Waals surface area contributed by atoms with E-state index < -0.39 is 0 Å². The van der Waals surface area contributed by atoms with E-state index in [9.17, 15) is 9.59 Å². The minimum absolute atomic E-state index is 0.196. The smallest absolute Gasteiger partial charge is 0.307 e. The Balaban J connectivity index is 2.79. The number of hydrogen-bond acceptors (Lipinski definition) is 5. The highest BCUT2D eigenvalue weighted by Crippen LogP contribution is 2.10. The zero-order chi connectivity index (χ0) is 13.8. The lowest BCUT2D eigenvalue weighted by Gasteiger charge is -2.22. The van der Waals surface area contributed by atoms with Crippen molar-refractivity contribution in [3.8, 4) is 0 Å². The average Bonchev–Trinajstić information content (AvgIpc) is 2.29. The van der Waals surface area contributed by atoms with E-state index in [1.54, 1.807) is 17.0 Å². The monoisotopic (exact) mass is 253 g/mol. The third-order valence-corrected chi connectivity index (χ3v) is 2.41. The fourth-order valence-electron chi connectivity index (χ4n) is 1.45. The molecule has 6 heteroatoms. The van der Waals surface area contributed by atoms with Crippen LogP contribution in [-0.2, 0) is 15.1 Å². The summed E-state index contributed by atoms with van der Waals surface area (Å²) < 4.78 is 6.11. The van der Waals surface area contributed by atoms with E-state index in [0.29, 0.717) is 6.54 Å². The van der Waals surface area contributed by atoms with Gasteiger partial charge in [0.25, 0.3) is 5.56 Å². The molecule has 1 aromatic heterocycles. The predicted octanol–water partition coefficient (Wildman–Crippen LogP) is 0.973. The maximum atomic E-state index is 12.1. The Morgan fingerprint density at radius 3 is 2.72 bits per heavy atom. The van der Waals surface area contributed by atoms with Gasteiger partial charge in [0.05, 0.1) is 13.5 Å². The second-order valence-electron chi connectivity index (χ2n) is 4.87. The van der Waals surface area contributed by atoms with Crippen LogP contribution in [0.2, 0.25) is 0 Å². The number of hydrogen-bond donors (Lipinski definition) is 1. The van der Waals surface area contributed by atoms with Gasteiger partial charge in [-0.25, -0.2) is 4.98 Å². The highest BCUT2D eigenvalue weighted by molar-refractivity contribution is 5.69. The van der Waals surface area contributed by atoms with Gasteiger partial charge in [0.2, 0.25) is 0 Å². The van der Waals surface area contributed by atoms with E-state index in [1.807, 2.05) is 20.8 Å². The number of anilines is 1. The first-order chi connectivity index (χ1) is 8.36. The molecule has 1 heterocycles. The van der Waals surface area contributed by atoms with E-state index >= 15 is 0 Å². The van der Waals surface area contributed by atoms with Gasteiger partial charge in [-0.3, -0.25) is 9.59 Å². The molecule has 0 spiro atoms. The Hall–Kier alpha value is -1.85. The second-order valence-corrected chi connectivity index (χ2v) is 4.87. The molecule has 0 aliphatic carbocycles. The number of nitrogens with zero attached hydrogens (tertiary/aromatic N) is 2. The summed E-state index contributed by atoms with van der Waals surface area (Å²) in [6, 6.07) is 0. The molecule has 1 N–H and O–H groups in total. The molecule has 0 aliphatic heterocycles. The molecule has 0 bridgehead atoms. The van der Waals surface area contributed by atoms with Crippen molar-refractivity contribution in [1.82, 2.24) is 9.55 Å². The molecule has 18 heavy (non-hydrogen) atoms. The van der Waals surface area contributed by atoms with Crippen LogP contribution in [0.5, 0.6) is 0 Å². The van der Waals surface area contributed by atoms with Gasteiger partial charge >= 0.3 is 5.97 Å². The Morgan fingerprint density at radius 1 is 1.50 bits per heavy atom. The summed E-state index contributed by atoms with van der Waals surface area (Å²) in [5.41, 5.74) is -0.506. The first kappa shape index (κ1) is 14.2. The molecule has 0 saturated heterocycles. The largest absolute Gasteiger partial charge is 0.469 e. The van der Waals surface area contributed by atoms with Gasteiger partial charge in [0.15, 0.2) is 5.82 Å². The van der Waals surface area contributed by atoms with Gasteiger partial charge in [-0.15, -0.1) is 0 Å². The molecule has 0 saturated carbocycles. The van der Waals surface area contributed by atoms with Gasteiger partial charge in [0, 0.05) is 24.5 Å². The third kappa shape index (κ3) is 3.58. The normalized spacial score (nSPS) is 11.1. The van der Waals surface area contributed by atoms with Crippen LogP contribution in [0.3, 0.4) is 0 Å². The summed E-state index contributed by atoms with van der Waals surface area (Å²) in [6.07, 6.45) is 3.41. The molecule has 1 rings (SSSR count). The lowest BCUT2D eigenvalue weighted by atomic mass is 10.1.